The lowest BCUT2D eigenvalue weighted by atomic mass is 9.94. The standard InChI is InChI=1S/C22H29F7N4O.ClH/c1-4-5-6-7-8-9-14-30-19(34)33(3)18-20(21(24,25)26,22(27,28)29)31-17(32(18)2)15-10-12-16(23)13-11-15;/h10-13,18H,4-9,14H2,1-3H3,(H,30,34);1H. The van der Waals surface area contributed by atoms with Crippen LogP contribution in [0.5, 0.6) is 0 Å². The van der Waals surface area contributed by atoms with Gasteiger partial charge in [0.15, 0.2) is 6.17 Å². The Hall–Kier alpha value is -2.24. The summed E-state index contributed by atoms with van der Waals surface area (Å²) in [5.74, 6) is -1.37. The minimum atomic E-state index is -5.88. The lowest BCUT2D eigenvalue weighted by molar-refractivity contribution is -0.311. The van der Waals surface area contributed by atoms with Gasteiger partial charge in [0.05, 0.1) is 0 Å². The Bertz CT molecular complexity index is 845. The highest BCUT2D eigenvalue weighted by molar-refractivity contribution is 6.01. The number of hydrogen-bond donors (Lipinski definition) is 1. The number of carbonyl (C=O) groups is 1. The molecule has 200 valence electrons. The monoisotopic (exact) mass is 534 g/mol. The van der Waals surface area contributed by atoms with Crippen molar-refractivity contribution in [2.45, 2.75) is 69.5 Å². The Morgan fingerprint density at radius 2 is 1.54 bits per heavy atom. The van der Waals surface area contributed by atoms with Gasteiger partial charge in [0.2, 0.25) is 0 Å². The number of nitrogens with one attached hydrogen (secondary N) is 1. The first-order valence-electron chi connectivity index (χ1n) is 11.0. The zero-order valence-electron chi connectivity index (χ0n) is 19.6. The first-order valence-corrected chi connectivity index (χ1v) is 11.0. The maximum atomic E-state index is 14.1. The molecule has 1 heterocycles. The number of likely N-dealkylation sites (N-methyl/N-ethyl adjacent to an activating group) is 2. The molecular weight excluding hydrogens is 505 g/mol. The molecule has 0 aromatic heterocycles. The third-order valence-corrected chi connectivity index (χ3v) is 5.82. The van der Waals surface area contributed by atoms with Gasteiger partial charge in [-0.2, -0.15) is 26.3 Å². The van der Waals surface area contributed by atoms with Crippen LogP contribution < -0.4 is 5.32 Å². The predicted octanol–water partition coefficient (Wildman–Crippen LogP) is 6.13. The van der Waals surface area contributed by atoms with Crippen LogP contribution in [0.15, 0.2) is 29.3 Å². The number of amides is 2. The summed E-state index contributed by atoms with van der Waals surface area (Å²) in [7, 11) is 1.86. The SMILES string of the molecule is CCCCCCCCNC(=O)N(C)C1N(C)C(c2ccc(F)cc2)=NC1(C(F)(F)F)C(F)(F)F.Cl. The number of urea groups is 1. The van der Waals surface area contributed by atoms with E-state index in [4.69, 9.17) is 0 Å². The van der Waals surface area contributed by atoms with Gasteiger partial charge in [0.1, 0.15) is 11.7 Å². The molecule has 35 heavy (non-hydrogen) atoms. The number of hydrogen-bond acceptors (Lipinski definition) is 3. The molecule has 0 spiro atoms. The molecule has 0 saturated carbocycles. The first kappa shape index (κ1) is 30.8. The molecule has 1 unspecified atom stereocenters. The largest absolute Gasteiger partial charge is 0.426 e. The lowest BCUT2D eigenvalue weighted by Crippen LogP contribution is -2.69. The van der Waals surface area contributed by atoms with Crippen molar-refractivity contribution in [3.8, 4) is 0 Å². The topological polar surface area (TPSA) is 47.9 Å². The number of halogens is 8. The zero-order valence-corrected chi connectivity index (χ0v) is 20.5. The third-order valence-electron chi connectivity index (χ3n) is 5.82. The van der Waals surface area contributed by atoms with E-state index in [0.29, 0.717) is 16.2 Å². The molecule has 1 aromatic rings. The molecule has 13 heteroatoms. The summed E-state index contributed by atoms with van der Waals surface area (Å²) < 4.78 is 97.8. The van der Waals surface area contributed by atoms with E-state index in [1.165, 1.54) is 0 Å². The van der Waals surface area contributed by atoms with Gasteiger partial charge in [-0.25, -0.2) is 14.2 Å². The van der Waals surface area contributed by atoms with Crippen LogP contribution in [0.3, 0.4) is 0 Å². The second-order valence-electron chi connectivity index (χ2n) is 8.30. The predicted molar refractivity (Wildman–Crippen MR) is 121 cm³/mol. The quantitative estimate of drug-likeness (QED) is 0.306. The smallest absolute Gasteiger partial charge is 0.338 e. The van der Waals surface area contributed by atoms with Crippen LogP contribution in [-0.2, 0) is 0 Å². The highest BCUT2D eigenvalue weighted by Crippen LogP contribution is 2.53. The second-order valence-corrected chi connectivity index (χ2v) is 8.30. The highest BCUT2D eigenvalue weighted by atomic mass is 35.5. The van der Waals surface area contributed by atoms with E-state index >= 15 is 0 Å². The molecule has 1 N–H and O–H groups in total. The van der Waals surface area contributed by atoms with Gasteiger partial charge in [-0.15, -0.1) is 12.4 Å². The summed E-state index contributed by atoms with van der Waals surface area (Å²) in [6, 6.07) is 2.78. The van der Waals surface area contributed by atoms with E-state index in [1.54, 1.807) is 0 Å². The van der Waals surface area contributed by atoms with E-state index in [-0.39, 0.29) is 24.5 Å². The minimum absolute atomic E-state index is 0. The normalized spacial score (nSPS) is 17.6. The van der Waals surface area contributed by atoms with Crippen molar-refractivity contribution < 1.29 is 35.5 Å². The van der Waals surface area contributed by atoms with Crippen molar-refractivity contribution in [3.05, 3.63) is 35.6 Å². The number of amidine groups is 1. The van der Waals surface area contributed by atoms with Gasteiger partial charge in [0.25, 0.3) is 5.54 Å². The molecule has 1 atom stereocenters. The van der Waals surface area contributed by atoms with Crippen LogP contribution in [0.4, 0.5) is 35.5 Å². The molecule has 0 bridgehead atoms. The fourth-order valence-corrected chi connectivity index (χ4v) is 4.02. The Morgan fingerprint density at radius 1 is 1.03 bits per heavy atom. The van der Waals surface area contributed by atoms with Gasteiger partial charge in [0, 0.05) is 26.2 Å². The number of alkyl halides is 6. The average Bonchev–Trinajstić information content (AvgIpc) is 3.07. The van der Waals surface area contributed by atoms with E-state index in [9.17, 15) is 35.5 Å². The van der Waals surface area contributed by atoms with Gasteiger partial charge in [-0.05, 0) is 30.7 Å². The van der Waals surface area contributed by atoms with E-state index in [2.05, 4.69) is 17.2 Å². The Labute approximate surface area is 206 Å². The molecule has 0 saturated heterocycles. The summed E-state index contributed by atoms with van der Waals surface area (Å²) in [5, 5.41) is 2.40. The number of nitrogens with zero attached hydrogens (tertiary/aromatic N) is 3. The van der Waals surface area contributed by atoms with Crippen LogP contribution in [-0.4, -0.2) is 66.4 Å². The van der Waals surface area contributed by atoms with Crippen molar-refractivity contribution >= 4 is 24.3 Å². The maximum absolute atomic E-state index is 14.1. The number of unbranched alkanes of at least 4 members (excludes halogenated alkanes) is 5. The second kappa shape index (κ2) is 12.1. The number of benzene rings is 1. The summed E-state index contributed by atoms with van der Waals surface area (Å²) in [5.41, 5.74) is -4.74. The number of aliphatic imine (C=N–C) groups is 1. The van der Waals surface area contributed by atoms with Gasteiger partial charge >= 0.3 is 18.4 Å². The van der Waals surface area contributed by atoms with E-state index in [0.717, 1.165) is 70.5 Å². The van der Waals surface area contributed by atoms with Crippen LogP contribution in [0.1, 0.15) is 51.0 Å². The Morgan fingerprint density at radius 3 is 2.06 bits per heavy atom. The highest BCUT2D eigenvalue weighted by Gasteiger charge is 2.79. The number of rotatable bonds is 9. The molecule has 0 aliphatic carbocycles. The molecule has 5 nitrogen and oxygen atoms in total. The molecule has 1 aromatic carbocycles. The minimum Gasteiger partial charge on any atom is -0.338 e. The van der Waals surface area contributed by atoms with Crippen molar-refractivity contribution in [3.63, 3.8) is 0 Å². The molecule has 1 aliphatic heterocycles. The molecular formula is C22H30ClF7N4O. The van der Waals surface area contributed by atoms with Crippen LogP contribution in [0, 0.1) is 5.82 Å². The zero-order chi connectivity index (χ0) is 25.7. The molecule has 2 rings (SSSR count). The molecule has 0 fully saturated rings. The van der Waals surface area contributed by atoms with Crippen molar-refractivity contribution in [1.82, 2.24) is 15.1 Å². The van der Waals surface area contributed by atoms with E-state index < -0.39 is 41.7 Å². The first-order chi connectivity index (χ1) is 15.8. The van der Waals surface area contributed by atoms with Gasteiger partial charge < -0.3 is 15.1 Å². The Kier molecular flexibility index (Phi) is 10.7. The fourth-order valence-electron chi connectivity index (χ4n) is 4.02. The summed E-state index contributed by atoms with van der Waals surface area (Å²) in [6.07, 6.45) is -8.91. The summed E-state index contributed by atoms with van der Waals surface area (Å²) >= 11 is 0. The molecule has 0 radical (unpaired) electrons. The average molecular weight is 535 g/mol. The molecule has 2 amide bonds. The van der Waals surface area contributed by atoms with Crippen molar-refractivity contribution in [1.29, 1.82) is 0 Å². The molecule has 1 aliphatic rings. The summed E-state index contributed by atoms with van der Waals surface area (Å²) in [6.45, 7) is 2.17. The van der Waals surface area contributed by atoms with Crippen LogP contribution in [0.25, 0.3) is 0 Å². The lowest BCUT2D eigenvalue weighted by Gasteiger charge is -2.42. The number of carbonyl (C=O) groups excluding carboxylic acids is 1. The third kappa shape index (κ3) is 6.50. The van der Waals surface area contributed by atoms with E-state index in [1.807, 2.05) is 0 Å². The maximum Gasteiger partial charge on any atom is 0.426 e. The van der Waals surface area contributed by atoms with Crippen LogP contribution in [0.2, 0.25) is 0 Å². The summed E-state index contributed by atoms with van der Waals surface area (Å²) in [4.78, 5) is 16.7. The van der Waals surface area contributed by atoms with Gasteiger partial charge in [-0.1, -0.05) is 39.0 Å². The Balaban J connectivity index is 0.00000612. The van der Waals surface area contributed by atoms with Crippen LogP contribution >= 0.6 is 12.4 Å². The van der Waals surface area contributed by atoms with Crippen molar-refractivity contribution in [2.75, 3.05) is 20.6 Å². The fraction of sp³-hybridized carbons (Fsp3) is 0.636. The van der Waals surface area contributed by atoms with Gasteiger partial charge in [-0.3, -0.25) is 0 Å². The van der Waals surface area contributed by atoms with Crippen molar-refractivity contribution in [2.24, 2.45) is 4.99 Å².